The molecule has 3 heteroatoms. The molecule has 80 valence electrons. The van der Waals surface area contributed by atoms with Crippen LogP contribution in [0, 0.1) is 0 Å². The SMILES string of the molecule is Oc1ccc(C(=S)Oc2ccccc2)cc1. The molecule has 0 saturated heterocycles. The standard InChI is InChI=1S/C13H10O2S/c14-11-8-6-10(7-9-11)13(16)15-12-4-2-1-3-5-12/h1-9,14H. The quantitative estimate of drug-likeness (QED) is 0.804. The third kappa shape index (κ3) is 2.58. The van der Waals surface area contributed by atoms with Crippen LogP contribution in [0.25, 0.3) is 0 Å². The van der Waals surface area contributed by atoms with Gasteiger partial charge in [-0.05, 0) is 48.6 Å². The van der Waals surface area contributed by atoms with Crippen LogP contribution in [0.2, 0.25) is 0 Å². The molecule has 2 rings (SSSR count). The van der Waals surface area contributed by atoms with Crippen molar-refractivity contribution in [2.45, 2.75) is 0 Å². The van der Waals surface area contributed by atoms with E-state index >= 15 is 0 Å². The summed E-state index contributed by atoms with van der Waals surface area (Å²) in [5.41, 5.74) is 0.775. The van der Waals surface area contributed by atoms with E-state index in [0.717, 1.165) is 5.56 Å². The zero-order chi connectivity index (χ0) is 11.4. The Balaban J connectivity index is 2.12. The van der Waals surface area contributed by atoms with Gasteiger partial charge in [0.05, 0.1) is 0 Å². The lowest BCUT2D eigenvalue weighted by molar-refractivity contribution is 0.475. The number of benzene rings is 2. The molecule has 0 amide bonds. The van der Waals surface area contributed by atoms with Crippen LogP contribution in [-0.2, 0) is 0 Å². The van der Waals surface area contributed by atoms with Crippen molar-refractivity contribution < 1.29 is 9.84 Å². The fourth-order valence-corrected chi connectivity index (χ4v) is 1.48. The van der Waals surface area contributed by atoms with Crippen LogP contribution in [0.1, 0.15) is 5.56 Å². The molecule has 2 nitrogen and oxygen atoms in total. The van der Waals surface area contributed by atoms with Gasteiger partial charge in [0.25, 0.3) is 0 Å². The molecular weight excluding hydrogens is 220 g/mol. The summed E-state index contributed by atoms with van der Waals surface area (Å²) in [7, 11) is 0. The number of aromatic hydroxyl groups is 1. The van der Waals surface area contributed by atoms with Gasteiger partial charge in [0.15, 0.2) is 5.05 Å². The zero-order valence-electron chi connectivity index (χ0n) is 8.46. The molecule has 2 aromatic rings. The highest BCUT2D eigenvalue weighted by atomic mass is 32.1. The summed E-state index contributed by atoms with van der Waals surface area (Å²) in [6, 6.07) is 16.0. The molecule has 2 aromatic carbocycles. The van der Waals surface area contributed by atoms with Gasteiger partial charge >= 0.3 is 0 Å². The van der Waals surface area contributed by atoms with Crippen molar-refractivity contribution in [3.8, 4) is 11.5 Å². The maximum absolute atomic E-state index is 9.14. The lowest BCUT2D eigenvalue weighted by atomic mass is 10.2. The molecule has 0 saturated carbocycles. The van der Waals surface area contributed by atoms with Crippen LogP contribution >= 0.6 is 12.2 Å². The molecule has 0 heterocycles. The first-order chi connectivity index (χ1) is 7.75. The predicted octanol–water partition coefficient (Wildman–Crippen LogP) is 3.15. The normalized spacial score (nSPS) is 9.75. The van der Waals surface area contributed by atoms with Crippen molar-refractivity contribution in [2.24, 2.45) is 0 Å². The molecule has 1 N–H and O–H groups in total. The first kappa shape index (κ1) is 10.6. The third-order valence-corrected chi connectivity index (χ3v) is 2.38. The fourth-order valence-electron chi connectivity index (χ4n) is 1.25. The van der Waals surface area contributed by atoms with Gasteiger partial charge in [-0.2, -0.15) is 0 Å². The minimum atomic E-state index is 0.214. The molecule has 0 aliphatic rings. The highest BCUT2D eigenvalue weighted by molar-refractivity contribution is 7.80. The molecule has 0 aliphatic carbocycles. The van der Waals surface area contributed by atoms with Crippen LogP contribution in [0.15, 0.2) is 54.6 Å². The summed E-state index contributed by atoms with van der Waals surface area (Å²) in [5, 5.41) is 9.54. The Morgan fingerprint density at radius 2 is 1.56 bits per heavy atom. The van der Waals surface area contributed by atoms with Crippen molar-refractivity contribution in [1.82, 2.24) is 0 Å². The van der Waals surface area contributed by atoms with Gasteiger partial charge < -0.3 is 9.84 Å². The second kappa shape index (κ2) is 4.77. The highest BCUT2D eigenvalue weighted by Gasteiger charge is 2.03. The molecule has 0 fully saturated rings. The molecule has 0 spiro atoms. The van der Waals surface area contributed by atoms with Gasteiger partial charge in [-0.1, -0.05) is 18.2 Å². The van der Waals surface area contributed by atoms with Crippen LogP contribution in [0.5, 0.6) is 11.5 Å². The summed E-state index contributed by atoms with van der Waals surface area (Å²) >= 11 is 5.14. The van der Waals surface area contributed by atoms with Crippen LogP contribution < -0.4 is 4.74 Å². The average Bonchev–Trinajstić information content (AvgIpc) is 2.31. The van der Waals surface area contributed by atoms with E-state index < -0.39 is 0 Å². The van der Waals surface area contributed by atoms with Gasteiger partial charge in [-0.15, -0.1) is 0 Å². The molecule has 0 aliphatic heterocycles. The lowest BCUT2D eigenvalue weighted by Gasteiger charge is -2.06. The number of hydrogen-bond donors (Lipinski definition) is 1. The number of para-hydroxylation sites is 1. The van der Waals surface area contributed by atoms with E-state index in [-0.39, 0.29) is 5.75 Å². The Labute approximate surface area is 99.1 Å². The molecule has 0 aromatic heterocycles. The Hall–Kier alpha value is -1.87. The summed E-state index contributed by atoms with van der Waals surface area (Å²) in [6.45, 7) is 0. The molecule has 0 unspecified atom stereocenters. The second-order valence-electron chi connectivity index (χ2n) is 3.25. The smallest absolute Gasteiger partial charge is 0.198 e. The van der Waals surface area contributed by atoms with Crippen molar-refractivity contribution in [1.29, 1.82) is 0 Å². The number of hydrogen-bond acceptors (Lipinski definition) is 3. The number of phenols is 1. The van der Waals surface area contributed by atoms with E-state index in [2.05, 4.69) is 0 Å². The summed E-state index contributed by atoms with van der Waals surface area (Å²) in [4.78, 5) is 0. The zero-order valence-corrected chi connectivity index (χ0v) is 9.28. The maximum atomic E-state index is 9.14. The van der Waals surface area contributed by atoms with Crippen molar-refractivity contribution in [2.75, 3.05) is 0 Å². The van der Waals surface area contributed by atoms with Gasteiger partial charge in [0, 0.05) is 5.56 Å². The first-order valence-electron chi connectivity index (χ1n) is 4.82. The Morgan fingerprint density at radius 1 is 0.938 bits per heavy atom. The van der Waals surface area contributed by atoms with Crippen molar-refractivity contribution in [3.05, 3.63) is 60.2 Å². The van der Waals surface area contributed by atoms with Crippen molar-refractivity contribution >= 4 is 17.3 Å². The Kier molecular flexibility index (Phi) is 3.17. The monoisotopic (exact) mass is 230 g/mol. The Bertz CT molecular complexity index is 477. The van der Waals surface area contributed by atoms with Gasteiger partial charge in [0.1, 0.15) is 11.5 Å². The van der Waals surface area contributed by atoms with E-state index in [1.165, 1.54) is 0 Å². The van der Waals surface area contributed by atoms with Gasteiger partial charge in [-0.3, -0.25) is 0 Å². The second-order valence-corrected chi connectivity index (χ2v) is 3.62. The topological polar surface area (TPSA) is 29.5 Å². The Morgan fingerprint density at radius 3 is 2.19 bits per heavy atom. The molecular formula is C13H10O2S. The predicted molar refractivity (Wildman–Crippen MR) is 66.9 cm³/mol. The van der Waals surface area contributed by atoms with E-state index in [1.807, 2.05) is 30.3 Å². The van der Waals surface area contributed by atoms with Crippen molar-refractivity contribution in [3.63, 3.8) is 0 Å². The van der Waals surface area contributed by atoms with Crippen LogP contribution in [-0.4, -0.2) is 10.2 Å². The van der Waals surface area contributed by atoms with Crippen LogP contribution in [0.3, 0.4) is 0 Å². The fraction of sp³-hybridized carbons (Fsp3) is 0. The maximum Gasteiger partial charge on any atom is 0.198 e. The minimum Gasteiger partial charge on any atom is -0.508 e. The first-order valence-corrected chi connectivity index (χ1v) is 5.23. The van der Waals surface area contributed by atoms with Gasteiger partial charge in [-0.25, -0.2) is 0 Å². The number of ether oxygens (including phenoxy) is 1. The van der Waals surface area contributed by atoms with Crippen LogP contribution in [0.4, 0.5) is 0 Å². The number of thiocarbonyl (C=S) groups is 1. The molecule has 0 radical (unpaired) electrons. The van der Waals surface area contributed by atoms with E-state index in [0.29, 0.717) is 10.8 Å². The molecule has 0 atom stereocenters. The third-order valence-electron chi connectivity index (χ3n) is 2.06. The lowest BCUT2D eigenvalue weighted by Crippen LogP contribution is -2.06. The summed E-state index contributed by atoms with van der Waals surface area (Å²) in [5.74, 6) is 0.923. The molecule has 0 bridgehead atoms. The highest BCUT2D eigenvalue weighted by Crippen LogP contribution is 2.14. The summed E-state index contributed by atoms with van der Waals surface area (Å²) in [6.07, 6.45) is 0. The number of phenolic OH excluding ortho intramolecular Hbond substituents is 1. The van der Waals surface area contributed by atoms with E-state index in [1.54, 1.807) is 24.3 Å². The summed E-state index contributed by atoms with van der Waals surface area (Å²) < 4.78 is 5.49. The van der Waals surface area contributed by atoms with E-state index in [9.17, 15) is 0 Å². The minimum absolute atomic E-state index is 0.214. The number of rotatable bonds is 2. The largest absolute Gasteiger partial charge is 0.508 e. The van der Waals surface area contributed by atoms with E-state index in [4.69, 9.17) is 22.1 Å². The molecule has 16 heavy (non-hydrogen) atoms. The van der Waals surface area contributed by atoms with Gasteiger partial charge in [0.2, 0.25) is 0 Å². The average molecular weight is 230 g/mol.